The van der Waals surface area contributed by atoms with Gasteiger partial charge in [0.1, 0.15) is 24.4 Å². The number of hydrogen-bond acceptors (Lipinski definition) is 11. The summed E-state index contributed by atoms with van der Waals surface area (Å²) >= 11 is 0. The molecule has 1 unspecified atom stereocenters. The normalized spacial score (nSPS) is 21.3. The summed E-state index contributed by atoms with van der Waals surface area (Å²) in [4.78, 5) is 44.2. The minimum absolute atomic E-state index is 0.00169. The fourth-order valence-corrected chi connectivity index (χ4v) is 7.87. The number of nitrogens with zero attached hydrogens (tertiary/aromatic N) is 3. The van der Waals surface area contributed by atoms with E-state index in [4.69, 9.17) is 33.2 Å². The van der Waals surface area contributed by atoms with Gasteiger partial charge in [0.15, 0.2) is 24.8 Å². The summed E-state index contributed by atoms with van der Waals surface area (Å²) < 4.78 is 43.9. The number of carbonyl (C=O) groups excluding carboxylic acids is 3. The maximum Gasteiger partial charge on any atom is 0.338 e. The van der Waals surface area contributed by atoms with Crippen molar-refractivity contribution in [2.45, 2.75) is 133 Å². The molecule has 0 radical (unpaired) electrons. The Morgan fingerprint density at radius 2 is 1.18 bits per heavy atom. The number of fused-ring (bicyclic) bond motifs is 1. The topological polar surface area (TPSA) is 165 Å². The Morgan fingerprint density at radius 1 is 0.677 bits per heavy atom. The molecule has 4 aromatic rings. The first-order valence-electron chi connectivity index (χ1n) is 23.0. The van der Waals surface area contributed by atoms with Crippen LogP contribution in [0.2, 0.25) is 0 Å². The molecule has 0 aromatic heterocycles. The zero-order chi connectivity index (χ0) is 45.5. The number of esters is 3. The summed E-state index contributed by atoms with van der Waals surface area (Å²) in [6.45, 7) is 1.88. The summed E-state index contributed by atoms with van der Waals surface area (Å²) in [5.74, 6) is -2.04. The molecule has 6 rings (SSSR count). The molecule has 8 atom stereocenters. The predicted molar refractivity (Wildman–Crippen MR) is 245 cm³/mol. The predicted octanol–water partition coefficient (Wildman–Crippen LogP) is 11.5. The summed E-state index contributed by atoms with van der Waals surface area (Å²) in [7, 11) is 0. The SMILES string of the molecule is CCCCCCCCCCCCCC=C[C@@H](OC(=O)c1ccccc1)[C@H](CO[C@H]1O[C@@H]2COC(c3ccccc3)O[C@@H]2[C@H](OC(=O)c2ccccc2)[C@H]1OC(=O)c1ccccc1)N=[N+]=[N-]. The van der Waals surface area contributed by atoms with Crippen molar-refractivity contribution < 1.29 is 47.5 Å². The minimum Gasteiger partial charge on any atom is -0.454 e. The van der Waals surface area contributed by atoms with Crippen LogP contribution in [0.1, 0.15) is 127 Å². The second kappa shape index (κ2) is 26.8. The van der Waals surface area contributed by atoms with E-state index in [1.165, 1.54) is 51.4 Å². The highest BCUT2D eigenvalue weighted by molar-refractivity contribution is 5.90. The summed E-state index contributed by atoms with van der Waals surface area (Å²) in [5, 5.41) is 4.03. The lowest BCUT2D eigenvalue weighted by molar-refractivity contribution is -0.360. The lowest BCUT2D eigenvalue weighted by Crippen LogP contribution is -2.64. The van der Waals surface area contributed by atoms with Crippen LogP contribution in [0.15, 0.2) is 139 Å². The number of carbonyl (C=O) groups is 3. The van der Waals surface area contributed by atoms with Crippen molar-refractivity contribution in [3.8, 4) is 0 Å². The molecule has 2 aliphatic heterocycles. The largest absolute Gasteiger partial charge is 0.454 e. The van der Waals surface area contributed by atoms with Crippen molar-refractivity contribution in [3.63, 3.8) is 0 Å². The molecule has 4 aromatic carbocycles. The molecule has 344 valence electrons. The molecular weight excluding hydrogens is 827 g/mol. The van der Waals surface area contributed by atoms with E-state index in [1.54, 1.807) is 97.1 Å². The third-order valence-electron chi connectivity index (χ3n) is 11.4. The highest BCUT2D eigenvalue weighted by atomic mass is 16.8. The van der Waals surface area contributed by atoms with Crippen LogP contribution in [-0.4, -0.2) is 74.0 Å². The van der Waals surface area contributed by atoms with Gasteiger partial charge in [-0.1, -0.05) is 167 Å². The fourth-order valence-electron chi connectivity index (χ4n) is 7.87. The van der Waals surface area contributed by atoms with E-state index in [0.29, 0.717) is 5.56 Å². The third-order valence-corrected chi connectivity index (χ3v) is 11.4. The molecular formula is C52H61N3O10. The molecule has 13 nitrogen and oxygen atoms in total. The molecule has 2 saturated heterocycles. The van der Waals surface area contributed by atoms with Crippen LogP contribution in [0.25, 0.3) is 10.4 Å². The molecule has 0 aliphatic carbocycles. The van der Waals surface area contributed by atoms with E-state index in [-0.39, 0.29) is 24.3 Å². The Morgan fingerprint density at radius 3 is 1.74 bits per heavy atom. The molecule has 13 heteroatoms. The van der Waals surface area contributed by atoms with Gasteiger partial charge in [0.05, 0.1) is 29.9 Å². The summed E-state index contributed by atoms with van der Waals surface area (Å²) in [6, 6.07) is 33.5. The van der Waals surface area contributed by atoms with Crippen LogP contribution in [0, 0.1) is 0 Å². The number of ether oxygens (including phenoxy) is 7. The van der Waals surface area contributed by atoms with Crippen molar-refractivity contribution in [2.24, 2.45) is 5.11 Å². The third kappa shape index (κ3) is 15.1. The first-order valence-corrected chi connectivity index (χ1v) is 23.0. The van der Waals surface area contributed by atoms with E-state index < -0.39 is 67.0 Å². The first kappa shape index (κ1) is 48.6. The monoisotopic (exact) mass is 887 g/mol. The number of azide groups is 1. The van der Waals surface area contributed by atoms with Crippen LogP contribution in [-0.2, 0) is 33.2 Å². The molecule has 2 aliphatic rings. The van der Waals surface area contributed by atoms with Crippen LogP contribution in [0.5, 0.6) is 0 Å². The minimum atomic E-state index is -1.40. The number of unbranched alkanes of at least 4 members (excludes halogenated alkanes) is 11. The zero-order valence-electron chi connectivity index (χ0n) is 37.1. The van der Waals surface area contributed by atoms with Gasteiger partial charge in [-0.15, -0.1) is 0 Å². The van der Waals surface area contributed by atoms with E-state index in [2.05, 4.69) is 16.9 Å². The quantitative estimate of drug-likeness (QED) is 0.0119. The summed E-state index contributed by atoms with van der Waals surface area (Å²) in [6.07, 6.45) is 9.95. The molecule has 2 fully saturated rings. The van der Waals surface area contributed by atoms with Gasteiger partial charge >= 0.3 is 17.9 Å². The zero-order valence-corrected chi connectivity index (χ0v) is 37.1. The average Bonchev–Trinajstić information content (AvgIpc) is 3.35. The Balaban J connectivity index is 1.21. The second-order valence-electron chi connectivity index (χ2n) is 16.3. The number of rotatable bonds is 25. The summed E-state index contributed by atoms with van der Waals surface area (Å²) in [5.41, 5.74) is 11.4. The van der Waals surface area contributed by atoms with Gasteiger partial charge in [-0.05, 0) is 60.8 Å². The van der Waals surface area contributed by atoms with Gasteiger partial charge in [0, 0.05) is 10.5 Å². The van der Waals surface area contributed by atoms with E-state index >= 15 is 0 Å². The lowest BCUT2D eigenvalue weighted by Gasteiger charge is -2.48. The van der Waals surface area contributed by atoms with Crippen molar-refractivity contribution in [1.29, 1.82) is 0 Å². The van der Waals surface area contributed by atoms with Gasteiger partial charge < -0.3 is 33.2 Å². The van der Waals surface area contributed by atoms with Crippen molar-refractivity contribution >= 4 is 17.9 Å². The number of benzene rings is 4. The maximum atomic E-state index is 13.8. The van der Waals surface area contributed by atoms with Gasteiger partial charge in [0.25, 0.3) is 0 Å². The fraction of sp³-hybridized carbons (Fsp3) is 0.442. The van der Waals surface area contributed by atoms with E-state index in [9.17, 15) is 19.9 Å². The van der Waals surface area contributed by atoms with Crippen LogP contribution >= 0.6 is 0 Å². The molecule has 0 bridgehead atoms. The Labute approximate surface area is 382 Å². The lowest BCUT2D eigenvalue weighted by atomic mass is 9.96. The first-order chi connectivity index (χ1) is 31.9. The van der Waals surface area contributed by atoms with E-state index in [1.807, 2.05) is 36.4 Å². The van der Waals surface area contributed by atoms with E-state index in [0.717, 1.165) is 31.2 Å². The molecule has 0 N–H and O–H groups in total. The highest BCUT2D eigenvalue weighted by Crippen LogP contribution is 2.37. The standard InChI is InChI=1S/C52H61N3O10/c1-2-3-4-5-6-7-8-9-10-11-12-13-26-35-43(61-48(56)38-27-18-14-19-28-38)42(54-55-53)36-59-52-47(64-50(58)40-31-22-16-23-32-40)46(63-49(57)39-29-20-15-21-30-39)45-44(62-52)37-60-51(65-45)41-33-24-17-25-34-41/h14-35,42-47,51-52H,2-13,36-37H2,1H3/t42-,43+,44+,45-,46-,47+,51?,52-/m0/s1. The van der Waals surface area contributed by atoms with Crippen molar-refractivity contribution in [1.82, 2.24) is 0 Å². The van der Waals surface area contributed by atoms with Crippen LogP contribution < -0.4 is 0 Å². The number of hydrogen-bond donors (Lipinski definition) is 0. The Kier molecular flexibility index (Phi) is 20.1. The molecule has 0 saturated carbocycles. The molecule has 2 heterocycles. The van der Waals surface area contributed by atoms with Crippen molar-refractivity contribution in [2.75, 3.05) is 13.2 Å². The van der Waals surface area contributed by atoms with Gasteiger partial charge in [0.2, 0.25) is 0 Å². The van der Waals surface area contributed by atoms with Gasteiger partial charge in [-0.2, -0.15) is 0 Å². The Hall–Kier alpha value is -5.82. The second-order valence-corrected chi connectivity index (χ2v) is 16.3. The number of allylic oxidation sites excluding steroid dienone is 1. The molecule has 65 heavy (non-hydrogen) atoms. The van der Waals surface area contributed by atoms with Crippen molar-refractivity contribution in [3.05, 3.63) is 166 Å². The average molecular weight is 888 g/mol. The van der Waals surface area contributed by atoms with Crippen LogP contribution in [0.3, 0.4) is 0 Å². The molecule has 0 spiro atoms. The van der Waals surface area contributed by atoms with Gasteiger partial charge in [-0.3, -0.25) is 0 Å². The van der Waals surface area contributed by atoms with Gasteiger partial charge in [-0.25, -0.2) is 14.4 Å². The maximum absolute atomic E-state index is 13.8. The smallest absolute Gasteiger partial charge is 0.338 e. The highest BCUT2D eigenvalue weighted by Gasteiger charge is 2.54. The molecule has 0 amide bonds. The van der Waals surface area contributed by atoms with Crippen LogP contribution in [0.4, 0.5) is 0 Å². The Bertz CT molecular complexity index is 2100.